The molecule has 0 bridgehead atoms. The average molecular weight is 308 g/mol. The number of methoxy groups -OCH3 is 1. The predicted octanol–water partition coefficient (Wildman–Crippen LogP) is 2.34. The van der Waals surface area contributed by atoms with Crippen LogP contribution in [-0.2, 0) is 6.54 Å². The number of benzene rings is 1. The van der Waals surface area contributed by atoms with E-state index in [0.717, 1.165) is 6.54 Å². The van der Waals surface area contributed by atoms with Gasteiger partial charge in [0, 0.05) is 12.1 Å². The van der Waals surface area contributed by atoms with Gasteiger partial charge in [-0.05, 0) is 26.2 Å². The summed E-state index contributed by atoms with van der Waals surface area (Å²) in [6.07, 6.45) is 1.50. The van der Waals surface area contributed by atoms with Gasteiger partial charge in [0.15, 0.2) is 0 Å². The second-order valence-electron chi connectivity index (χ2n) is 4.93. The second kappa shape index (κ2) is 6.74. The van der Waals surface area contributed by atoms with Crippen molar-refractivity contribution in [2.24, 2.45) is 0 Å². The number of aromatic nitrogens is 2. The highest BCUT2D eigenvalue weighted by Crippen LogP contribution is 2.21. The summed E-state index contributed by atoms with van der Waals surface area (Å²) in [5, 5.41) is 4.55. The maximum absolute atomic E-state index is 12.6. The van der Waals surface area contributed by atoms with Crippen molar-refractivity contribution in [1.82, 2.24) is 14.7 Å². The molecule has 5 nitrogen and oxygen atoms in total. The summed E-state index contributed by atoms with van der Waals surface area (Å²) in [4.78, 5) is 14.7. The van der Waals surface area contributed by atoms with Crippen molar-refractivity contribution in [2.75, 3.05) is 27.7 Å². The average Bonchev–Trinajstić information content (AvgIpc) is 2.85. The molecule has 0 aliphatic rings. The molecule has 0 fully saturated rings. The van der Waals surface area contributed by atoms with Crippen molar-refractivity contribution in [3.8, 4) is 5.75 Å². The zero-order valence-electron chi connectivity index (χ0n) is 12.3. The van der Waals surface area contributed by atoms with Crippen LogP contribution in [0.2, 0.25) is 5.02 Å². The largest absolute Gasteiger partial charge is 0.497 e. The molecule has 1 aromatic carbocycles. The summed E-state index contributed by atoms with van der Waals surface area (Å²) < 4.78 is 6.79. The van der Waals surface area contributed by atoms with Crippen LogP contribution >= 0.6 is 11.6 Å². The van der Waals surface area contributed by atoms with Gasteiger partial charge in [-0.15, -0.1) is 0 Å². The molecular weight excluding hydrogens is 290 g/mol. The van der Waals surface area contributed by atoms with Crippen LogP contribution < -0.4 is 4.74 Å². The molecule has 0 radical (unpaired) electrons. The molecule has 0 aliphatic heterocycles. The van der Waals surface area contributed by atoms with Crippen molar-refractivity contribution >= 4 is 17.4 Å². The van der Waals surface area contributed by atoms with Crippen LogP contribution in [-0.4, -0.2) is 48.2 Å². The fourth-order valence-electron chi connectivity index (χ4n) is 1.95. The van der Waals surface area contributed by atoms with Crippen molar-refractivity contribution < 1.29 is 9.53 Å². The minimum atomic E-state index is -0.157. The first-order valence-electron chi connectivity index (χ1n) is 6.57. The summed E-state index contributed by atoms with van der Waals surface area (Å²) in [6, 6.07) is 7.01. The van der Waals surface area contributed by atoms with Gasteiger partial charge in [0.2, 0.25) is 5.78 Å². The van der Waals surface area contributed by atoms with Gasteiger partial charge in [-0.2, -0.15) is 5.10 Å². The van der Waals surface area contributed by atoms with E-state index in [1.165, 1.54) is 6.20 Å². The molecule has 1 heterocycles. The van der Waals surface area contributed by atoms with E-state index in [4.69, 9.17) is 16.3 Å². The molecule has 0 spiro atoms. The monoisotopic (exact) mass is 307 g/mol. The van der Waals surface area contributed by atoms with Gasteiger partial charge >= 0.3 is 0 Å². The van der Waals surface area contributed by atoms with E-state index in [1.54, 1.807) is 36.1 Å². The van der Waals surface area contributed by atoms with E-state index in [2.05, 4.69) is 5.10 Å². The van der Waals surface area contributed by atoms with Crippen molar-refractivity contribution in [3.63, 3.8) is 0 Å². The number of carbonyl (C=O) groups is 1. The molecule has 2 rings (SSSR count). The Hall–Kier alpha value is -1.85. The van der Waals surface area contributed by atoms with Crippen LogP contribution in [0.4, 0.5) is 0 Å². The first-order chi connectivity index (χ1) is 10.0. The van der Waals surface area contributed by atoms with Crippen LogP contribution in [0.25, 0.3) is 0 Å². The maximum atomic E-state index is 12.6. The highest BCUT2D eigenvalue weighted by molar-refractivity contribution is 6.34. The third-order valence-corrected chi connectivity index (χ3v) is 3.38. The number of hydrogen-bond acceptors (Lipinski definition) is 4. The van der Waals surface area contributed by atoms with Gasteiger partial charge in [0.1, 0.15) is 11.4 Å². The number of halogens is 1. The van der Waals surface area contributed by atoms with Crippen LogP contribution in [0.15, 0.2) is 30.5 Å². The van der Waals surface area contributed by atoms with E-state index in [9.17, 15) is 4.79 Å². The second-order valence-corrected chi connectivity index (χ2v) is 5.34. The minimum Gasteiger partial charge on any atom is -0.497 e. The lowest BCUT2D eigenvalue weighted by Crippen LogP contribution is -2.21. The van der Waals surface area contributed by atoms with Gasteiger partial charge in [0.25, 0.3) is 0 Å². The van der Waals surface area contributed by atoms with Gasteiger partial charge < -0.3 is 9.64 Å². The molecule has 0 atom stereocenters. The van der Waals surface area contributed by atoms with E-state index in [-0.39, 0.29) is 5.78 Å². The van der Waals surface area contributed by atoms with Crippen LogP contribution in [0.1, 0.15) is 16.1 Å². The number of rotatable bonds is 6. The molecule has 0 unspecified atom stereocenters. The summed E-state index contributed by atoms with van der Waals surface area (Å²) in [6.45, 7) is 1.38. The summed E-state index contributed by atoms with van der Waals surface area (Å²) >= 11 is 6.13. The van der Waals surface area contributed by atoms with E-state index in [0.29, 0.717) is 28.6 Å². The van der Waals surface area contributed by atoms with Gasteiger partial charge in [0.05, 0.1) is 24.9 Å². The fourth-order valence-corrected chi connectivity index (χ4v) is 2.18. The molecule has 0 saturated heterocycles. The molecule has 21 heavy (non-hydrogen) atoms. The Morgan fingerprint density at radius 3 is 2.86 bits per heavy atom. The molecule has 0 N–H and O–H groups in total. The Bertz CT molecular complexity index is 638. The van der Waals surface area contributed by atoms with Crippen LogP contribution in [0.3, 0.4) is 0 Å². The third kappa shape index (κ3) is 3.62. The molecule has 112 valence electrons. The summed E-state index contributed by atoms with van der Waals surface area (Å²) in [7, 11) is 5.50. The summed E-state index contributed by atoms with van der Waals surface area (Å²) in [5.41, 5.74) is 0.939. The molecule has 2 aromatic rings. The third-order valence-electron chi connectivity index (χ3n) is 3.10. The Morgan fingerprint density at radius 1 is 1.43 bits per heavy atom. The molecule has 1 aromatic heterocycles. The quantitative estimate of drug-likeness (QED) is 0.769. The van der Waals surface area contributed by atoms with Crippen molar-refractivity contribution in [2.45, 2.75) is 6.54 Å². The smallest absolute Gasteiger partial charge is 0.212 e. The van der Waals surface area contributed by atoms with Gasteiger partial charge in [-0.1, -0.05) is 23.7 Å². The van der Waals surface area contributed by atoms with E-state index < -0.39 is 0 Å². The Kier molecular flexibility index (Phi) is 4.98. The Labute approximate surface area is 129 Å². The number of hydrogen-bond donors (Lipinski definition) is 0. The van der Waals surface area contributed by atoms with Gasteiger partial charge in [-0.3, -0.25) is 9.48 Å². The zero-order chi connectivity index (χ0) is 15.4. The lowest BCUT2D eigenvalue weighted by molar-refractivity contribution is 0.102. The first kappa shape index (κ1) is 15.5. The molecular formula is C15H18ClN3O2. The van der Waals surface area contributed by atoms with Crippen molar-refractivity contribution in [1.29, 1.82) is 0 Å². The zero-order valence-corrected chi connectivity index (χ0v) is 13.1. The highest BCUT2D eigenvalue weighted by atomic mass is 35.5. The number of likely N-dealkylation sites (N-methyl/N-ethyl adjacent to an activating group) is 1. The molecule has 6 heteroatoms. The molecule has 0 aliphatic carbocycles. The molecule has 0 saturated carbocycles. The fraction of sp³-hybridized carbons (Fsp3) is 0.333. The Balaban J connectivity index is 2.31. The summed E-state index contributed by atoms with van der Waals surface area (Å²) in [5.74, 6) is 0.478. The van der Waals surface area contributed by atoms with E-state index in [1.807, 2.05) is 19.0 Å². The van der Waals surface area contributed by atoms with Crippen LogP contribution in [0, 0.1) is 0 Å². The molecule has 0 amide bonds. The highest BCUT2D eigenvalue weighted by Gasteiger charge is 2.19. The lowest BCUT2D eigenvalue weighted by Gasteiger charge is -2.12. The number of nitrogens with zero attached hydrogens (tertiary/aromatic N) is 3. The normalized spacial score (nSPS) is 10.9. The first-order valence-corrected chi connectivity index (χ1v) is 6.95. The minimum absolute atomic E-state index is 0.157. The number of ether oxygens (including phenoxy) is 1. The topological polar surface area (TPSA) is 47.4 Å². The van der Waals surface area contributed by atoms with E-state index >= 15 is 0 Å². The van der Waals surface area contributed by atoms with Crippen molar-refractivity contribution in [3.05, 3.63) is 46.7 Å². The lowest BCUT2D eigenvalue weighted by atomic mass is 10.1. The SMILES string of the molecule is COc1cccc(C(=O)c2c(Cl)cnn2CCN(C)C)c1. The number of carbonyl (C=O) groups excluding carboxylic acids is 1. The standard InChI is InChI=1S/C15H18ClN3O2/c1-18(2)7-8-19-14(13(16)10-17-19)15(20)11-5-4-6-12(9-11)21-3/h4-6,9-10H,7-8H2,1-3H3. The Morgan fingerprint density at radius 2 is 2.19 bits per heavy atom. The maximum Gasteiger partial charge on any atom is 0.212 e. The van der Waals surface area contributed by atoms with Gasteiger partial charge in [-0.25, -0.2) is 0 Å². The predicted molar refractivity (Wildman–Crippen MR) is 82.2 cm³/mol. The van der Waals surface area contributed by atoms with Crippen LogP contribution in [0.5, 0.6) is 5.75 Å². The number of ketones is 1.